The third kappa shape index (κ3) is 6.12. The fourth-order valence-corrected chi connectivity index (χ4v) is 3.79. The lowest BCUT2D eigenvalue weighted by Gasteiger charge is -2.32. The Hall–Kier alpha value is -2.81. The van der Waals surface area contributed by atoms with Crippen molar-refractivity contribution in [1.82, 2.24) is 25.0 Å². The van der Waals surface area contributed by atoms with Crippen molar-refractivity contribution < 1.29 is 4.39 Å². The molecular weight excluding hydrogens is 429 g/mol. The van der Waals surface area contributed by atoms with Crippen molar-refractivity contribution in [3.8, 4) is 11.3 Å². The van der Waals surface area contributed by atoms with Crippen LogP contribution in [0.3, 0.4) is 0 Å². The molecule has 1 aromatic carbocycles. The highest BCUT2D eigenvalue weighted by Crippen LogP contribution is 2.27. The van der Waals surface area contributed by atoms with Gasteiger partial charge in [-0.3, -0.25) is 0 Å². The van der Waals surface area contributed by atoms with Crippen molar-refractivity contribution in [3.05, 3.63) is 59.6 Å². The number of pyridine rings is 1. The summed E-state index contributed by atoms with van der Waals surface area (Å²) in [5.41, 5.74) is 2.27. The molecule has 168 valence electrons. The zero-order chi connectivity index (χ0) is 22.3. The van der Waals surface area contributed by atoms with Crippen LogP contribution in [0.15, 0.2) is 48.8 Å². The number of hydrogen-bond donors (Lipinski definition) is 2. The molecule has 3 heterocycles. The van der Waals surface area contributed by atoms with Gasteiger partial charge in [0.15, 0.2) is 0 Å². The van der Waals surface area contributed by atoms with Gasteiger partial charge in [-0.1, -0.05) is 11.6 Å². The van der Waals surface area contributed by atoms with E-state index in [1.165, 1.54) is 12.1 Å². The monoisotopic (exact) mass is 455 g/mol. The van der Waals surface area contributed by atoms with Gasteiger partial charge in [0, 0.05) is 61.3 Å². The molecule has 0 radical (unpaired) electrons. The molecule has 1 aliphatic heterocycles. The second-order valence-electron chi connectivity index (χ2n) is 7.93. The van der Waals surface area contributed by atoms with Crippen LogP contribution in [0.4, 0.5) is 21.6 Å². The molecule has 0 bridgehead atoms. The van der Waals surface area contributed by atoms with Gasteiger partial charge in [0.1, 0.15) is 11.6 Å². The molecule has 32 heavy (non-hydrogen) atoms. The Labute approximate surface area is 192 Å². The number of nitrogens with one attached hydrogen (secondary N) is 2. The Morgan fingerprint density at radius 1 is 1.06 bits per heavy atom. The molecule has 3 aromatic rings. The first-order chi connectivity index (χ1) is 15.6. The lowest BCUT2D eigenvalue weighted by atomic mass is 10.1. The number of hydrogen-bond acceptors (Lipinski definition) is 7. The van der Waals surface area contributed by atoms with E-state index in [0.717, 1.165) is 57.2 Å². The van der Waals surface area contributed by atoms with Crippen molar-refractivity contribution in [2.75, 3.05) is 56.9 Å². The molecule has 9 heteroatoms. The topological polar surface area (TPSA) is 69.2 Å². The summed E-state index contributed by atoms with van der Waals surface area (Å²) in [5.74, 6) is 0.407. The summed E-state index contributed by atoms with van der Waals surface area (Å²) in [6.45, 7) is 6.49. The number of piperazine rings is 1. The van der Waals surface area contributed by atoms with Gasteiger partial charge in [-0.25, -0.2) is 9.37 Å². The summed E-state index contributed by atoms with van der Waals surface area (Å²) in [7, 11) is 2.17. The summed E-state index contributed by atoms with van der Waals surface area (Å²) in [5, 5.41) is 15.2. The second kappa shape index (κ2) is 10.7. The van der Waals surface area contributed by atoms with E-state index in [1.54, 1.807) is 24.5 Å². The zero-order valence-corrected chi connectivity index (χ0v) is 18.8. The highest BCUT2D eigenvalue weighted by atomic mass is 35.5. The minimum Gasteiger partial charge on any atom is -0.370 e. The quantitative estimate of drug-likeness (QED) is 0.495. The van der Waals surface area contributed by atoms with Crippen LogP contribution in [0.5, 0.6) is 0 Å². The zero-order valence-electron chi connectivity index (χ0n) is 18.1. The first kappa shape index (κ1) is 22.4. The summed E-state index contributed by atoms with van der Waals surface area (Å²) >= 11 is 6.01. The number of halogens is 2. The van der Waals surface area contributed by atoms with Crippen LogP contribution in [0.2, 0.25) is 5.02 Å². The normalized spacial score (nSPS) is 15.0. The maximum atomic E-state index is 14.2. The molecule has 0 unspecified atom stereocenters. The molecular formula is C23H27ClFN7. The average molecular weight is 456 g/mol. The van der Waals surface area contributed by atoms with Gasteiger partial charge in [0.05, 0.1) is 17.6 Å². The minimum absolute atomic E-state index is 0.311. The van der Waals surface area contributed by atoms with Crippen molar-refractivity contribution in [3.63, 3.8) is 0 Å². The molecule has 1 saturated heterocycles. The first-order valence-corrected chi connectivity index (χ1v) is 11.1. The van der Waals surface area contributed by atoms with Crippen LogP contribution in [0, 0.1) is 5.82 Å². The van der Waals surface area contributed by atoms with E-state index < -0.39 is 5.82 Å². The lowest BCUT2D eigenvalue weighted by molar-refractivity contribution is 0.154. The van der Waals surface area contributed by atoms with Crippen LogP contribution in [0.1, 0.15) is 6.42 Å². The van der Waals surface area contributed by atoms with Gasteiger partial charge >= 0.3 is 0 Å². The summed E-state index contributed by atoms with van der Waals surface area (Å²) in [6, 6.07) is 9.93. The van der Waals surface area contributed by atoms with E-state index in [-0.39, 0.29) is 0 Å². The number of rotatable bonds is 8. The summed E-state index contributed by atoms with van der Waals surface area (Å²) < 4.78 is 14.2. The van der Waals surface area contributed by atoms with Crippen molar-refractivity contribution in [2.45, 2.75) is 6.42 Å². The molecule has 0 saturated carbocycles. The van der Waals surface area contributed by atoms with E-state index >= 15 is 0 Å². The Bertz CT molecular complexity index is 1040. The fraction of sp³-hybridized carbons (Fsp3) is 0.348. The third-order valence-electron chi connectivity index (χ3n) is 5.46. The van der Waals surface area contributed by atoms with E-state index in [4.69, 9.17) is 11.6 Å². The standard InChI is InChI=1S/C23H27ClFN7/c1-31-9-11-32(12-10-31)8-2-6-26-23-15-18(5-7-27-23)29-19-14-22(30-28-16-19)20-13-17(24)3-4-21(20)25/h3-5,7,13-16H,2,6,8-12H2,1H3,(H2,26,27,29,30). The predicted octanol–water partition coefficient (Wildman–Crippen LogP) is 4.12. The van der Waals surface area contributed by atoms with Gasteiger partial charge in [-0.15, -0.1) is 0 Å². The number of benzene rings is 1. The van der Waals surface area contributed by atoms with Gasteiger partial charge < -0.3 is 20.4 Å². The van der Waals surface area contributed by atoms with E-state index in [9.17, 15) is 4.39 Å². The van der Waals surface area contributed by atoms with E-state index in [1.807, 2.05) is 12.1 Å². The van der Waals surface area contributed by atoms with Crippen LogP contribution >= 0.6 is 11.6 Å². The molecule has 0 amide bonds. The Kier molecular flexibility index (Phi) is 7.47. The number of likely N-dealkylation sites (N-methyl/N-ethyl adjacent to an activating group) is 1. The maximum absolute atomic E-state index is 14.2. The number of aromatic nitrogens is 3. The fourth-order valence-electron chi connectivity index (χ4n) is 3.62. The molecule has 0 atom stereocenters. The van der Waals surface area contributed by atoms with Gasteiger partial charge in [-0.2, -0.15) is 10.2 Å². The minimum atomic E-state index is -0.396. The van der Waals surface area contributed by atoms with Gasteiger partial charge in [0.25, 0.3) is 0 Å². The largest absolute Gasteiger partial charge is 0.370 e. The van der Waals surface area contributed by atoms with Gasteiger partial charge in [-0.05, 0) is 50.3 Å². The van der Waals surface area contributed by atoms with Crippen LogP contribution in [-0.4, -0.2) is 71.3 Å². The summed E-state index contributed by atoms with van der Waals surface area (Å²) in [4.78, 5) is 9.27. The van der Waals surface area contributed by atoms with Crippen LogP contribution in [-0.2, 0) is 0 Å². The Morgan fingerprint density at radius 3 is 2.75 bits per heavy atom. The van der Waals surface area contributed by atoms with E-state index in [0.29, 0.717) is 22.0 Å². The smallest absolute Gasteiger partial charge is 0.132 e. The van der Waals surface area contributed by atoms with Gasteiger partial charge in [0.2, 0.25) is 0 Å². The Balaban J connectivity index is 1.33. The Morgan fingerprint density at radius 2 is 1.91 bits per heavy atom. The SMILES string of the molecule is CN1CCN(CCCNc2cc(Nc3cnnc(-c4cc(Cl)ccc4F)c3)ccn2)CC1. The molecule has 1 aliphatic rings. The molecule has 7 nitrogen and oxygen atoms in total. The molecule has 0 spiro atoms. The predicted molar refractivity (Wildman–Crippen MR) is 127 cm³/mol. The second-order valence-corrected chi connectivity index (χ2v) is 8.37. The number of anilines is 3. The van der Waals surface area contributed by atoms with Crippen molar-refractivity contribution >= 4 is 28.8 Å². The van der Waals surface area contributed by atoms with Crippen LogP contribution in [0.25, 0.3) is 11.3 Å². The molecule has 2 N–H and O–H groups in total. The third-order valence-corrected chi connectivity index (χ3v) is 5.70. The number of nitrogens with zero attached hydrogens (tertiary/aromatic N) is 5. The van der Waals surface area contributed by atoms with Crippen molar-refractivity contribution in [2.24, 2.45) is 0 Å². The lowest BCUT2D eigenvalue weighted by Crippen LogP contribution is -2.44. The molecule has 1 fully saturated rings. The first-order valence-electron chi connectivity index (χ1n) is 10.7. The highest BCUT2D eigenvalue weighted by molar-refractivity contribution is 6.30. The highest BCUT2D eigenvalue weighted by Gasteiger charge is 2.13. The average Bonchev–Trinajstić information content (AvgIpc) is 2.80. The van der Waals surface area contributed by atoms with E-state index in [2.05, 4.69) is 42.7 Å². The molecule has 0 aliphatic carbocycles. The molecule has 4 rings (SSSR count). The summed E-state index contributed by atoms with van der Waals surface area (Å²) in [6.07, 6.45) is 4.40. The maximum Gasteiger partial charge on any atom is 0.132 e. The molecule has 2 aromatic heterocycles. The van der Waals surface area contributed by atoms with Crippen LogP contribution < -0.4 is 10.6 Å². The van der Waals surface area contributed by atoms with Crippen molar-refractivity contribution in [1.29, 1.82) is 0 Å².